The number of rotatable bonds is 0. The molecule has 0 unspecified atom stereocenters. The Kier molecular flexibility index (Phi) is 98.2. The average molecular weight is 316 g/mol. The predicted molar refractivity (Wildman–Crippen MR) is 38.4 cm³/mol. The second kappa shape index (κ2) is 24.3. The van der Waals surface area contributed by atoms with Crippen molar-refractivity contribution in [3.63, 3.8) is 0 Å². The van der Waals surface area contributed by atoms with Gasteiger partial charge in [0.15, 0.2) is 17.4 Å². The van der Waals surface area contributed by atoms with E-state index in [4.69, 9.17) is 19.2 Å². The summed E-state index contributed by atoms with van der Waals surface area (Å²) < 4.78 is 0. The molecular formula is H13AlCaKNaO5SiZn. The summed E-state index contributed by atoms with van der Waals surface area (Å²) in [5, 5.41) is 0. The van der Waals surface area contributed by atoms with E-state index < -0.39 is 9.05 Å². The van der Waals surface area contributed by atoms with Crippen LogP contribution < -0.4 is 80.9 Å². The van der Waals surface area contributed by atoms with Gasteiger partial charge in [-0.25, -0.2) is 0 Å². The van der Waals surface area contributed by atoms with Crippen molar-refractivity contribution >= 4 is 64.1 Å². The van der Waals surface area contributed by atoms with Crippen LogP contribution in [0.2, 0.25) is 0 Å². The summed E-state index contributed by atoms with van der Waals surface area (Å²) in [4.78, 5) is 29.3. The molecule has 0 bridgehead atoms. The molecule has 0 rings (SSSR count). The van der Waals surface area contributed by atoms with E-state index in [1.807, 2.05) is 0 Å². The zero-order valence-electron chi connectivity index (χ0n) is 10.2. The van der Waals surface area contributed by atoms with Crippen LogP contribution in [0.25, 0.3) is 0 Å². The van der Waals surface area contributed by atoms with E-state index in [-0.39, 0.29) is 167 Å². The normalized spacial score (nSPS) is 5.45. The van der Waals surface area contributed by atoms with Crippen molar-refractivity contribution in [1.29, 1.82) is 0 Å². The molecule has 11 heavy (non-hydrogen) atoms. The van der Waals surface area contributed by atoms with Crippen LogP contribution in [-0.2, 0) is 19.5 Å². The van der Waals surface area contributed by atoms with Crippen LogP contribution in [0.5, 0.6) is 0 Å². The molecule has 0 aromatic heterocycles. The molecule has 0 saturated carbocycles. The molecule has 0 spiro atoms. The van der Waals surface area contributed by atoms with Gasteiger partial charge in [-0.2, -0.15) is 0 Å². The van der Waals surface area contributed by atoms with Gasteiger partial charge in [0.1, 0.15) is 0 Å². The van der Waals surface area contributed by atoms with Crippen molar-refractivity contribution in [3.8, 4) is 0 Å². The minimum Gasteiger partial charge on any atom is -1.00 e. The van der Waals surface area contributed by atoms with Gasteiger partial charge in [0.2, 0.25) is 0 Å². The van der Waals surface area contributed by atoms with Gasteiger partial charge in [-0.05, 0) is 0 Å². The molecule has 5 nitrogen and oxygen atoms in total. The van der Waals surface area contributed by atoms with Crippen molar-refractivity contribution < 1.29 is 131 Å². The van der Waals surface area contributed by atoms with Gasteiger partial charge in [0, 0.05) is 19.5 Å². The first-order valence-corrected chi connectivity index (χ1v) is 2.68. The number of hydrogen-bond acceptors (Lipinski definition) is 4. The monoisotopic (exact) mass is 314 g/mol. The van der Waals surface area contributed by atoms with E-state index in [1.165, 1.54) is 0 Å². The van der Waals surface area contributed by atoms with Crippen LogP contribution >= 0.6 is 0 Å². The molecule has 0 aliphatic rings. The smallest absolute Gasteiger partial charge is 1.00 e. The summed E-state index contributed by atoms with van der Waals surface area (Å²) in [6, 6.07) is 0. The van der Waals surface area contributed by atoms with Crippen LogP contribution in [-0.4, -0.2) is 88.8 Å². The first-order chi connectivity index (χ1) is 2.00. The third kappa shape index (κ3) is 100. The van der Waals surface area contributed by atoms with Crippen LogP contribution in [0.3, 0.4) is 0 Å². The minimum atomic E-state index is -4.61. The Balaban J connectivity index is -0.00000000178. The molecule has 0 atom stereocenters. The molecule has 0 saturated heterocycles. The Morgan fingerprint density at radius 2 is 1.00 bits per heavy atom. The topological polar surface area (TPSA) is 112 Å². The van der Waals surface area contributed by atoms with E-state index in [0.29, 0.717) is 0 Å². The fraction of sp³-hybridized carbons (Fsp3) is 0. The van der Waals surface area contributed by atoms with E-state index >= 15 is 0 Å². The molecule has 0 radical (unpaired) electrons. The Hall–Kier alpha value is 5.07. The summed E-state index contributed by atoms with van der Waals surface area (Å²) in [7, 11) is -4.61. The molecule has 0 fully saturated rings. The molecule has 0 amide bonds. The Morgan fingerprint density at radius 3 is 1.00 bits per heavy atom. The zero-order chi connectivity index (χ0) is 4.50. The summed E-state index contributed by atoms with van der Waals surface area (Å²) >= 11 is 0. The van der Waals surface area contributed by atoms with Crippen molar-refractivity contribution in [2.45, 2.75) is 0 Å². The molecule has 56 valence electrons. The molecule has 0 aliphatic carbocycles. The molecule has 0 heterocycles. The maximum Gasteiger partial charge on any atom is 2.00 e. The first kappa shape index (κ1) is 44.4. The maximum absolute atomic E-state index is 7.33. The van der Waals surface area contributed by atoms with Gasteiger partial charge < -0.3 is 30.4 Å². The van der Waals surface area contributed by atoms with Crippen LogP contribution in [0.15, 0.2) is 0 Å². The Bertz CT molecular complexity index is 54.5. The van der Waals surface area contributed by atoms with Crippen molar-refractivity contribution in [2.75, 3.05) is 0 Å². The van der Waals surface area contributed by atoms with Gasteiger partial charge >= 0.3 is 128 Å². The van der Waals surface area contributed by atoms with E-state index in [9.17, 15) is 0 Å². The van der Waals surface area contributed by atoms with Gasteiger partial charge in [0.05, 0.1) is 0 Å². The summed E-state index contributed by atoms with van der Waals surface area (Å²) in [6.07, 6.45) is 0. The zero-order valence-corrected chi connectivity index (χ0v) is 17.5. The van der Waals surface area contributed by atoms with Gasteiger partial charge in [-0.3, -0.25) is 0 Å². The van der Waals surface area contributed by atoms with Crippen molar-refractivity contribution in [3.05, 3.63) is 0 Å². The Labute approximate surface area is 190 Å². The second-order valence-corrected chi connectivity index (χ2v) is 1.80. The van der Waals surface area contributed by atoms with Gasteiger partial charge in [0.25, 0.3) is 0 Å². The van der Waals surface area contributed by atoms with Crippen molar-refractivity contribution in [2.24, 2.45) is 0 Å². The predicted octanol–water partition coefficient (Wildman–Crippen LogP) is -10.5. The van der Waals surface area contributed by atoms with Crippen LogP contribution in [0, 0.1) is 0 Å². The van der Waals surface area contributed by atoms with Crippen molar-refractivity contribution in [1.82, 2.24) is 0 Å². The molecule has 0 aromatic carbocycles. The summed E-state index contributed by atoms with van der Waals surface area (Å²) in [6.45, 7) is 0. The van der Waals surface area contributed by atoms with Crippen LogP contribution in [0.1, 0.15) is 5.71 Å². The molecule has 0 aromatic rings. The van der Waals surface area contributed by atoms with E-state index in [1.54, 1.807) is 0 Å². The average Bonchev–Trinajstić information content (AvgIpc) is 0.722. The second-order valence-electron chi connectivity index (χ2n) is 0.600. The minimum absolute atomic E-state index is 0. The SMILES string of the molecule is O.O[Si](O)(O)O.[AlH3].[Ca+2].[H-].[H-].[H-].[H-].[K+].[Na+].[Zn]. The maximum atomic E-state index is 7.33. The third-order valence-electron chi connectivity index (χ3n) is 0. The van der Waals surface area contributed by atoms with Gasteiger partial charge in [-0.15, -0.1) is 0 Å². The molecular weight excluding hydrogens is 303 g/mol. The fourth-order valence-corrected chi connectivity index (χ4v) is 0. The summed E-state index contributed by atoms with van der Waals surface area (Å²) in [5.74, 6) is 0. The van der Waals surface area contributed by atoms with E-state index in [0.717, 1.165) is 0 Å². The van der Waals surface area contributed by atoms with Crippen LogP contribution in [0.4, 0.5) is 0 Å². The fourth-order valence-electron chi connectivity index (χ4n) is 0. The standard InChI is InChI=1S/Al.Ca.K.Na.H4O4Si.H2O.Zn.7H/c;;;;1-5(2,3)4;;;;;;;;;/h;;;;1-4H;1H2;;;;;;;;/q;+2;2*+1;;;;;;;4*-1. The third-order valence-corrected chi connectivity index (χ3v) is 0. The molecule has 11 heteroatoms. The van der Waals surface area contributed by atoms with E-state index in [2.05, 4.69) is 0 Å². The largest absolute Gasteiger partial charge is 2.00 e. The quantitative estimate of drug-likeness (QED) is 0.333. The molecule has 6 N–H and O–H groups in total. The molecule has 0 aliphatic heterocycles. The number of hydrogen-bond donors (Lipinski definition) is 4. The summed E-state index contributed by atoms with van der Waals surface area (Å²) in [5.41, 5.74) is 0. The Morgan fingerprint density at radius 1 is 1.00 bits per heavy atom. The van der Waals surface area contributed by atoms with Gasteiger partial charge in [-0.1, -0.05) is 0 Å². The first-order valence-electron chi connectivity index (χ1n) is 0.894.